The summed E-state index contributed by atoms with van der Waals surface area (Å²) in [5.41, 5.74) is 1.03. The highest BCUT2D eigenvalue weighted by Gasteiger charge is 2.16. The van der Waals surface area contributed by atoms with E-state index in [2.05, 4.69) is 20.9 Å². The van der Waals surface area contributed by atoms with E-state index in [1.54, 1.807) is 6.92 Å². The van der Waals surface area contributed by atoms with Gasteiger partial charge < -0.3 is 4.74 Å². The Morgan fingerprint density at radius 3 is 2.76 bits per heavy atom. The van der Waals surface area contributed by atoms with Gasteiger partial charge in [0.15, 0.2) is 0 Å². The van der Waals surface area contributed by atoms with Gasteiger partial charge in [-0.1, -0.05) is 30.3 Å². The van der Waals surface area contributed by atoms with Crippen molar-refractivity contribution in [2.45, 2.75) is 6.92 Å². The zero-order valence-corrected chi connectivity index (χ0v) is 11.5. The molecule has 0 atom stereocenters. The van der Waals surface area contributed by atoms with Gasteiger partial charge in [-0.05, 0) is 28.4 Å². The predicted molar refractivity (Wildman–Crippen MR) is 71.2 cm³/mol. The molecule has 0 bridgehead atoms. The van der Waals surface area contributed by atoms with Gasteiger partial charge >= 0.3 is 5.97 Å². The lowest BCUT2D eigenvalue weighted by atomic mass is 10.2. The van der Waals surface area contributed by atoms with Crippen LogP contribution in [0.25, 0.3) is 10.4 Å². The van der Waals surface area contributed by atoms with Crippen molar-refractivity contribution in [2.75, 3.05) is 6.61 Å². The molecule has 5 heteroatoms. The van der Waals surface area contributed by atoms with E-state index in [1.807, 2.05) is 30.3 Å². The van der Waals surface area contributed by atoms with Crippen LogP contribution < -0.4 is 0 Å². The van der Waals surface area contributed by atoms with Crippen LogP contribution in [-0.4, -0.2) is 17.6 Å². The maximum absolute atomic E-state index is 11.5. The van der Waals surface area contributed by atoms with Crippen LogP contribution in [0.2, 0.25) is 0 Å². The predicted octanol–water partition coefficient (Wildman–Crippen LogP) is 3.75. The number of esters is 1. The summed E-state index contributed by atoms with van der Waals surface area (Å²) >= 11 is 4.69. The lowest BCUT2D eigenvalue weighted by Crippen LogP contribution is -2.03. The van der Waals surface area contributed by atoms with E-state index >= 15 is 0 Å². The third kappa shape index (κ3) is 2.73. The summed E-state index contributed by atoms with van der Waals surface area (Å²) in [5.74, 6) is -0.375. The van der Waals surface area contributed by atoms with E-state index < -0.39 is 0 Å². The van der Waals surface area contributed by atoms with Crippen molar-refractivity contribution in [3.05, 3.63) is 39.9 Å². The number of thiazole rings is 1. The van der Waals surface area contributed by atoms with Crippen molar-refractivity contribution in [3.63, 3.8) is 0 Å². The Bertz CT molecular complexity index is 525. The molecule has 0 unspecified atom stereocenters. The molecule has 0 aliphatic carbocycles. The molecule has 2 rings (SSSR count). The second-order valence-corrected chi connectivity index (χ2v) is 4.98. The normalized spacial score (nSPS) is 10.2. The number of hydrogen-bond acceptors (Lipinski definition) is 4. The molecule has 1 heterocycles. The molecule has 88 valence electrons. The van der Waals surface area contributed by atoms with Crippen molar-refractivity contribution in [1.82, 2.24) is 4.98 Å². The highest BCUT2D eigenvalue weighted by atomic mass is 79.9. The lowest BCUT2D eigenvalue weighted by Gasteiger charge is -1.96. The average Bonchev–Trinajstić information content (AvgIpc) is 2.73. The Morgan fingerprint density at radius 1 is 1.41 bits per heavy atom. The Hall–Kier alpha value is -1.20. The summed E-state index contributed by atoms with van der Waals surface area (Å²) in [7, 11) is 0. The topological polar surface area (TPSA) is 39.2 Å². The van der Waals surface area contributed by atoms with Gasteiger partial charge in [-0.25, -0.2) is 9.78 Å². The van der Waals surface area contributed by atoms with Crippen molar-refractivity contribution in [1.29, 1.82) is 0 Å². The molecule has 0 aliphatic rings. The molecule has 0 spiro atoms. The molecular formula is C12H10BrNO2S. The molecule has 0 fully saturated rings. The number of aromatic nitrogens is 1. The number of carbonyl (C=O) groups is 1. The van der Waals surface area contributed by atoms with Crippen LogP contribution in [0.1, 0.15) is 16.7 Å². The Labute approximate surface area is 112 Å². The minimum atomic E-state index is -0.375. The molecule has 3 nitrogen and oxygen atoms in total. The summed E-state index contributed by atoms with van der Waals surface area (Å²) in [6.45, 7) is 2.13. The Morgan fingerprint density at radius 2 is 2.12 bits per heavy atom. The van der Waals surface area contributed by atoms with Crippen LogP contribution >= 0.6 is 27.3 Å². The number of hydrogen-bond donors (Lipinski definition) is 0. The van der Waals surface area contributed by atoms with Crippen molar-refractivity contribution in [3.8, 4) is 10.4 Å². The van der Waals surface area contributed by atoms with Gasteiger partial charge in [-0.2, -0.15) is 0 Å². The number of rotatable bonds is 3. The summed E-state index contributed by atoms with van der Waals surface area (Å²) < 4.78 is 5.60. The van der Waals surface area contributed by atoms with E-state index in [-0.39, 0.29) is 5.97 Å². The van der Waals surface area contributed by atoms with Crippen LogP contribution in [0, 0.1) is 0 Å². The number of benzene rings is 1. The van der Waals surface area contributed by atoms with Crippen LogP contribution in [0.15, 0.2) is 34.9 Å². The molecule has 0 amide bonds. The van der Waals surface area contributed by atoms with Gasteiger partial charge in [0.2, 0.25) is 5.01 Å². The molecule has 0 radical (unpaired) electrons. The Balaban J connectivity index is 2.35. The highest BCUT2D eigenvalue weighted by molar-refractivity contribution is 9.10. The molecule has 0 saturated heterocycles. The maximum atomic E-state index is 11.5. The number of ether oxygens (including phenoxy) is 1. The van der Waals surface area contributed by atoms with Crippen molar-refractivity contribution < 1.29 is 9.53 Å². The molecule has 0 N–H and O–H groups in total. The van der Waals surface area contributed by atoms with Gasteiger partial charge in [-0.15, -0.1) is 11.3 Å². The second kappa shape index (κ2) is 5.42. The number of halogens is 1. The molecule has 0 aliphatic heterocycles. The Kier molecular flexibility index (Phi) is 3.91. The van der Waals surface area contributed by atoms with Gasteiger partial charge in [0.05, 0.1) is 11.5 Å². The SMILES string of the molecule is CCOC(=O)c1nc(Br)c(-c2ccccc2)s1. The molecule has 0 saturated carbocycles. The summed E-state index contributed by atoms with van der Waals surface area (Å²) in [5, 5.41) is 0.373. The average molecular weight is 312 g/mol. The first-order valence-corrected chi connectivity index (χ1v) is 6.72. The van der Waals surface area contributed by atoms with Gasteiger partial charge in [0, 0.05) is 0 Å². The van der Waals surface area contributed by atoms with Crippen LogP contribution in [0.5, 0.6) is 0 Å². The molecule has 1 aromatic heterocycles. The summed E-state index contributed by atoms with van der Waals surface area (Å²) in [6.07, 6.45) is 0. The highest BCUT2D eigenvalue weighted by Crippen LogP contribution is 2.33. The van der Waals surface area contributed by atoms with Crippen molar-refractivity contribution >= 4 is 33.2 Å². The fourth-order valence-corrected chi connectivity index (χ4v) is 2.97. The van der Waals surface area contributed by atoms with Gasteiger partial charge in [0.1, 0.15) is 4.60 Å². The fourth-order valence-electron chi connectivity index (χ4n) is 1.35. The molecule has 2 aromatic rings. The summed E-state index contributed by atoms with van der Waals surface area (Å²) in [4.78, 5) is 16.7. The minimum absolute atomic E-state index is 0.358. The first-order valence-electron chi connectivity index (χ1n) is 5.11. The molecule has 1 aromatic carbocycles. The van der Waals surface area contributed by atoms with E-state index in [1.165, 1.54) is 11.3 Å². The zero-order chi connectivity index (χ0) is 12.3. The lowest BCUT2D eigenvalue weighted by molar-refractivity contribution is 0.0526. The van der Waals surface area contributed by atoms with Gasteiger partial charge in [0.25, 0.3) is 0 Å². The quantitative estimate of drug-likeness (QED) is 0.810. The third-order valence-corrected chi connectivity index (χ3v) is 3.99. The zero-order valence-electron chi connectivity index (χ0n) is 9.14. The van der Waals surface area contributed by atoms with E-state index in [0.29, 0.717) is 16.2 Å². The van der Waals surface area contributed by atoms with Crippen LogP contribution in [0.4, 0.5) is 0 Å². The standard InChI is InChI=1S/C12H10BrNO2S/c1-2-16-12(15)11-14-10(13)9(17-11)8-6-4-3-5-7-8/h3-7H,2H2,1H3. The first-order chi connectivity index (χ1) is 8.22. The fraction of sp³-hybridized carbons (Fsp3) is 0.167. The maximum Gasteiger partial charge on any atom is 0.367 e. The molecule has 17 heavy (non-hydrogen) atoms. The smallest absolute Gasteiger partial charge is 0.367 e. The van der Waals surface area contributed by atoms with E-state index in [4.69, 9.17) is 4.74 Å². The van der Waals surface area contributed by atoms with Crippen LogP contribution in [0.3, 0.4) is 0 Å². The summed E-state index contributed by atoms with van der Waals surface area (Å²) in [6, 6.07) is 9.81. The third-order valence-electron chi connectivity index (χ3n) is 2.07. The monoisotopic (exact) mass is 311 g/mol. The first kappa shape index (κ1) is 12.3. The molecular weight excluding hydrogens is 302 g/mol. The number of nitrogens with zero attached hydrogens (tertiary/aromatic N) is 1. The minimum Gasteiger partial charge on any atom is -0.461 e. The number of carbonyl (C=O) groups excluding carboxylic acids is 1. The van der Waals surface area contributed by atoms with Crippen LogP contribution in [-0.2, 0) is 4.74 Å². The van der Waals surface area contributed by atoms with E-state index in [0.717, 1.165) is 10.4 Å². The van der Waals surface area contributed by atoms with Crippen molar-refractivity contribution in [2.24, 2.45) is 0 Å². The largest absolute Gasteiger partial charge is 0.461 e. The van der Waals surface area contributed by atoms with E-state index in [9.17, 15) is 4.79 Å². The second-order valence-electron chi connectivity index (χ2n) is 3.23. The van der Waals surface area contributed by atoms with Gasteiger partial charge in [-0.3, -0.25) is 0 Å².